The summed E-state index contributed by atoms with van der Waals surface area (Å²) in [5.74, 6) is 0.366. The molecule has 4 atom stereocenters. The predicted molar refractivity (Wildman–Crippen MR) is 144 cm³/mol. The molecule has 0 aromatic heterocycles. The second-order valence-electron chi connectivity index (χ2n) is 9.97. The zero-order valence-corrected chi connectivity index (χ0v) is 27.8. The van der Waals surface area contributed by atoms with Gasteiger partial charge in [-0.15, -0.1) is 0 Å². The third-order valence-corrected chi connectivity index (χ3v) is 6.38. The monoisotopic (exact) mass is 553 g/mol. The van der Waals surface area contributed by atoms with Gasteiger partial charge < -0.3 is 31.1 Å². The van der Waals surface area contributed by atoms with E-state index >= 15 is 0 Å². The average molecular weight is 554 g/mol. The number of carbonyl (C=O) groups is 3. The number of hydroxylamine groups is 2. The molecule has 0 aliphatic carbocycles. The van der Waals surface area contributed by atoms with Crippen molar-refractivity contribution in [1.29, 1.82) is 0 Å². The fraction of sp³-hybridized carbons (Fsp3) is 0.885. The number of unbranched alkanes of at least 4 members (excludes halogenated alkanes) is 1. The smallest absolute Gasteiger partial charge is 0.788 e. The van der Waals surface area contributed by atoms with Crippen LogP contribution < -0.4 is 73.0 Å². The molecular formula is C26H52KN5O5. The maximum absolute atomic E-state index is 12.5. The van der Waals surface area contributed by atoms with E-state index in [0.29, 0.717) is 6.42 Å². The molecule has 0 radical (unpaired) electrons. The van der Waals surface area contributed by atoms with Crippen LogP contribution in [0.5, 0.6) is 0 Å². The van der Waals surface area contributed by atoms with Gasteiger partial charge in [0.15, 0.2) is 0 Å². The van der Waals surface area contributed by atoms with Gasteiger partial charge in [-0.25, -0.2) is 5.48 Å². The number of likely N-dealkylation sites (tertiary alicyclic amines) is 1. The molecule has 0 spiro atoms. The van der Waals surface area contributed by atoms with Crippen molar-refractivity contribution in [1.82, 2.24) is 26.5 Å². The average Bonchev–Trinajstić information content (AvgIpc) is 3.54. The molecule has 11 heteroatoms. The number of carbonyl (C=O) groups excluding carboxylic acids is 3. The van der Waals surface area contributed by atoms with Gasteiger partial charge in [0, 0.05) is 38.5 Å². The van der Waals surface area contributed by atoms with Crippen molar-refractivity contribution >= 4 is 17.7 Å². The zero-order chi connectivity index (χ0) is 27.5. The summed E-state index contributed by atoms with van der Waals surface area (Å²) in [6.45, 7) is 14.9. The normalized spacial score (nSPS) is 18.9. The van der Waals surface area contributed by atoms with Crippen molar-refractivity contribution in [2.45, 2.75) is 98.6 Å². The second-order valence-corrected chi connectivity index (χ2v) is 9.97. The van der Waals surface area contributed by atoms with Crippen LogP contribution in [0.3, 0.4) is 0 Å². The summed E-state index contributed by atoms with van der Waals surface area (Å²) >= 11 is 0. The molecular weight excluding hydrogens is 501 g/mol. The van der Waals surface area contributed by atoms with Crippen molar-refractivity contribution in [3.05, 3.63) is 5.21 Å². The first-order valence-electron chi connectivity index (χ1n) is 13.7. The van der Waals surface area contributed by atoms with Crippen LogP contribution in [0.25, 0.3) is 0 Å². The van der Waals surface area contributed by atoms with Gasteiger partial charge in [0.05, 0.1) is 6.61 Å². The van der Waals surface area contributed by atoms with E-state index in [-0.39, 0.29) is 98.9 Å². The van der Waals surface area contributed by atoms with E-state index in [9.17, 15) is 19.6 Å². The summed E-state index contributed by atoms with van der Waals surface area (Å²) in [5.41, 5.74) is 4.40. The number of hydrogen-bond donors (Lipinski definition) is 4. The fourth-order valence-corrected chi connectivity index (χ4v) is 4.07. The predicted octanol–water partition coefficient (Wildman–Crippen LogP) is -0.274. The molecule has 2 fully saturated rings. The Kier molecular flexibility index (Phi) is 25.1. The molecule has 212 valence electrons. The number of rotatable bonds is 12. The Bertz CT molecular complexity index is 618. The summed E-state index contributed by atoms with van der Waals surface area (Å²) in [6.07, 6.45) is 6.72. The van der Waals surface area contributed by atoms with Crippen molar-refractivity contribution in [3.8, 4) is 0 Å². The van der Waals surface area contributed by atoms with Crippen LogP contribution in [0.4, 0.5) is 0 Å². The standard InChI is InChI=1S/C16H30N2O2.C7H13N2O2.C3H9NO.K/c1-5-6-9-13(4)15(19)17-14(12(2)3)16(20)18-10-7-8-11-18;1-5(9-11)4-6-2-3-8-7(6)10;1-3-5-4-2;/h12-14H,5-11H2,1-4H3,(H,17,19);5-6,9H,2-4H2,1H3,(H,8,10);4H,3H2,1-2H3;/q;-1;;+1. The minimum atomic E-state index is -0.371. The summed E-state index contributed by atoms with van der Waals surface area (Å²) in [4.78, 5) is 42.1. The number of amides is 3. The molecule has 0 aromatic carbocycles. The van der Waals surface area contributed by atoms with E-state index in [0.717, 1.165) is 64.8 Å². The van der Waals surface area contributed by atoms with E-state index in [1.54, 1.807) is 14.0 Å². The van der Waals surface area contributed by atoms with Gasteiger partial charge in [-0.3, -0.25) is 14.4 Å². The van der Waals surface area contributed by atoms with Crippen molar-refractivity contribution < 1.29 is 70.6 Å². The van der Waals surface area contributed by atoms with Crippen LogP contribution >= 0.6 is 0 Å². The van der Waals surface area contributed by atoms with Gasteiger partial charge in [-0.1, -0.05) is 47.5 Å². The van der Waals surface area contributed by atoms with E-state index < -0.39 is 0 Å². The van der Waals surface area contributed by atoms with Crippen LogP contribution in [-0.4, -0.2) is 68.0 Å². The van der Waals surface area contributed by atoms with Crippen LogP contribution in [0.15, 0.2) is 0 Å². The molecule has 0 aromatic rings. The maximum atomic E-state index is 12.5. The van der Waals surface area contributed by atoms with E-state index in [4.69, 9.17) is 0 Å². The Labute approximate surface area is 267 Å². The summed E-state index contributed by atoms with van der Waals surface area (Å²) in [7, 11) is 1.74. The number of nitrogens with zero attached hydrogens (tertiary/aromatic N) is 1. The molecule has 2 aliphatic rings. The van der Waals surface area contributed by atoms with Crippen LogP contribution in [-0.2, 0) is 19.2 Å². The van der Waals surface area contributed by atoms with E-state index in [1.165, 1.54) is 0 Å². The maximum Gasteiger partial charge on any atom is 1.00 e. The molecule has 37 heavy (non-hydrogen) atoms. The number of nitrogens with one attached hydrogen (secondary N) is 4. The van der Waals surface area contributed by atoms with Crippen molar-refractivity contribution in [2.24, 2.45) is 17.8 Å². The molecule has 2 rings (SSSR count). The van der Waals surface area contributed by atoms with E-state index in [2.05, 4.69) is 27.9 Å². The van der Waals surface area contributed by atoms with Crippen LogP contribution in [0.1, 0.15) is 86.5 Å². The van der Waals surface area contributed by atoms with Crippen LogP contribution in [0, 0.1) is 23.0 Å². The first-order valence-corrected chi connectivity index (χ1v) is 13.7. The summed E-state index contributed by atoms with van der Waals surface area (Å²) in [5, 5.41) is 15.8. The third kappa shape index (κ3) is 17.2. The Balaban J connectivity index is 0. The Hall–Kier alpha value is -0.114. The molecule has 2 saturated heterocycles. The zero-order valence-electron chi connectivity index (χ0n) is 24.7. The van der Waals surface area contributed by atoms with Crippen LogP contribution in [0.2, 0.25) is 0 Å². The first kappa shape index (κ1) is 39.0. The quantitative estimate of drug-likeness (QED) is 0.193. The summed E-state index contributed by atoms with van der Waals surface area (Å²) in [6, 6.07) is -0.478. The van der Waals surface area contributed by atoms with Crippen molar-refractivity contribution in [3.63, 3.8) is 0 Å². The molecule has 3 amide bonds. The largest absolute Gasteiger partial charge is 1.00 e. The molecule has 10 nitrogen and oxygen atoms in total. The van der Waals surface area contributed by atoms with Gasteiger partial charge in [0.25, 0.3) is 0 Å². The molecule has 0 saturated carbocycles. The molecule has 2 aliphatic heterocycles. The van der Waals surface area contributed by atoms with Crippen molar-refractivity contribution in [2.75, 3.05) is 33.3 Å². The van der Waals surface area contributed by atoms with Gasteiger partial charge in [-0.2, -0.15) is 0 Å². The number of hydrogen-bond acceptors (Lipinski definition) is 7. The minimum absolute atomic E-state index is 0. The minimum Gasteiger partial charge on any atom is -0.788 e. The Morgan fingerprint density at radius 3 is 2.19 bits per heavy atom. The topological polar surface area (TPSA) is 135 Å². The molecule has 2 heterocycles. The molecule has 4 unspecified atom stereocenters. The second kappa shape index (κ2) is 23.7. The van der Waals surface area contributed by atoms with Gasteiger partial charge in [0.2, 0.25) is 17.7 Å². The summed E-state index contributed by atoms with van der Waals surface area (Å²) < 4.78 is 0. The Morgan fingerprint density at radius 2 is 1.78 bits per heavy atom. The third-order valence-electron chi connectivity index (χ3n) is 6.38. The molecule has 4 N–H and O–H groups in total. The molecule has 0 bridgehead atoms. The van der Waals surface area contributed by atoms with Gasteiger partial charge in [-0.05, 0) is 51.0 Å². The fourth-order valence-electron chi connectivity index (χ4n) is 4.07. The van der Waals surface area contributed by atoms with Gasteiger partial charge in [0.1, 0.15) is 6.04 Å². The Morgan fingerprint density at radius 1 is 1.16 bits per heavy atom. The SMILES string of the molecule is CC(CC1CCNC1=O)N[O-].CCCCC(C)C(=O)NC(C(=O)N1CCCC1)C(C)C.CCONC.[K+]. The van der Waals surface area contributed by atoms with E-state index in [1.807, 2.05) is 38.1 Å². The van der Waals surface area contributed by atoms with Gasteiger partial charge >= 0.3 is 51.4 Å². The first-order chi connectivity index (χ1) is 17.1.